The molecule has 132 valence electrons. The average molecular weight is 333 g/mol. The number of rotatable bonds is 5. The van der Waals surface area contributed by atoms with Crippen LogP contribution in [0.2, 0.25) is 0 Å². The number of benzene rings is 1. The molecule has 1 rings (SSSR count). The summed E-state index contributed by atoms with van der Waals surface area (Å²) in [4.78, 5) is 11.8. The van der Waals surface area contributed by atoms with Crippen molar-refractivity contribution in [2.75, 3.05) is 13.2 Å². The zero-order valence-corrected chi connectivity index (χ0v) is 15.1. The lowest BCUT2D eigenvalue weighted by molar-refractivity contribution is 0.0515. The fourth-order valence-corrected chi connectivity index (χ4v) is 1.86. The lowest BCUT2D eigenvalue weighted by Crippen LogP contribution is -2.38. The number of aryl methyl sites for hydroxylation is 1. The van der Waals surface area contributed by atoms with Crippen LogP contribution in [-0.4, -0.2) is 36.1 Å². The molecule has 1 amide bonds. The highest BCUT2D eigenvalue weighted by Gasteiger charge is 2.17. The van der Waals surface area contributed by atoms with Crippen LogP contribution >= 0.6 is 0 Å². The smallest absolute Gasteiger partial charge is 0.408 e. The van der Waals surface area contributed by atoms with E-state index in [1.807, 2.05) is 52.8 Å². The quantitative estimate of drug-likeness (QED) is 0.813. The molecule has 0 bridgehead atoms. The van der Waals surface area contributed by atoms with Crippen molar-refractivity contribution in [3.05, 3.63) is 29.3 Å². The first kappa shape index (κ1) is 19.9. The zero-order chi connectivity index (χ0) is 18.2. The molecule has 0 aliphatic carbocycles. The predicted octanol–water partition coefficient (Wildman–Crippen LogP) is 3.02. The van der Waals surface area contributed by atoms with Gasteiger partial charge >= 0.3 is 6.09 Å². The van der Waals surface area contributed by atoms with Gasteiger partial charge in [0.1, 0.15) is 18.0 Å². The summed E-state index contributed by atoms with van der Waals surface area (Å²) in [5.41, 5.74) is 1.23. The molecule has 5 heteroatoms. The molecule has 0 radical (unpaired) electrons. The normalized spacial score (nSPS) is 11.9. The molecule has 1 aromatic rings. The van der Waals surface area contributed by atoms with Crippen molar-refractivity contribution < 1.29 is 19.4 Å². The van der Waals surface area contributed by atoms with Gasteiger partial charge in [0.2, 0.25) is 0 Å². The summed E-state index contributed by atoms with van der Waals surface area (Å²) in [6, 6.07) is 5.38. The molecule has 24 heavy (non-hydrogen) atoms. The van der Waals surface area contributed by atoms with Crippen molar-refractivity contribution in [3.8, 4) is 17.6 Å². The second kappa shape index (κ2) is 9.19. The van der Waals surface area contributed by atoms with Crippen LogP contribution in [0.25, 0.3) is 0 Å². The standard InChI is InChI=1S/C19H27NO4/c1-6-16(20-18(22)24-19(3,4)5)10-9-15-8-7-14(2)13-17(15)23-12-11-21/h7-8,13,16,21H,6,11-12H2,1-5H3,(H,20,22)/t16-/m1/s1. The van der Waals surface area contributed by atoms with Gasteiger partial charge in [0.25, 0.3) is 0 Å². The molecular weight excluding hydrogens is 306 g/mol. The zero-order valence-electron chi connectivity index (χ0n) is 15.1. The molecule has 0 heterocycles. The van der Waals surface area contributed by atoms with E-state index in [4.69, 9.17) is 14.6 Å². The third-order valence-corrected chi connectivity index (χ3v) is 2.97. The van der Waals surface area contributed by atoms with Crippen LogP contribution in [0.3, 0.4) is 0 Å². The Morgan fingerprint density at radius 3 is 2.67 bits per heavy atom. The Hall–Kier alpha value is -2.19. The highest BCUT2D eigenvalue weighted by molar-refractivity contribution is 5.68. The molecule has 5 nitrogen and oxygen atoms in total. The Morgan fingerprint density at radius 1 is 1.38 bits per heavy atom. The van der Waals surface area contributed by atoms with Crippen molar-refractivity contribution in [1.29, 1.82) is 0 Å². The number of alkyl carbamates (subject to hydrolysis) is 1. The number of carbonyl (C=O) groups is 1. The highest BCUT2D eigenvalue weighted by atomic mass is 16.6. The summed E-state index contributed by atoms with van der Waals surface area (Å²) in [7, 11) is 0. The lowest BCUT2D eigenvalue weighted by Gasteiger charge is -2.21. The van der Waals surface area contributed by atoms with Gasteiger partial charge in [0.15, 0.2) is 0 Å². The molecule has 1 aromatic carbocycles. The SMILES string of the molecule is CC[C@H](C#Cc1ccc(C)cc1OCCO)NC(=O)OC(C)(C)C. The van der Waals surface area contributed by atoms with Gasteiger partial charge in [-0.2, -0.15) is 0 Å². The largest absolute Gasteiger partial charge is 0.490 e. The molecule has 2 N–H and O–H groups in total. The van der Waals surface area contributed by atoms with E-state index in [1.165, 1.54) is 0 Å². The molecule has 0 aliphatic heterocycles. The van der Waals surface area contributed by atoms with E-state index in [2.05, 4.69) is 17.2 Å². The van der Waals surface area contributed by atoms with Gasteiger partial charge in [-0.1, -0.05) is 24.8 Å². The first-order valence-electron chi connectivity index (χ1n) is 8.10. The van der Waals surface area contributed by atoms with Gasteiger partial charge in [-0.15, -0.1) is 0 Å². The van der Waals surface area contributed by atoms with Gasteiger partial charge in [-0.25, -0.2) is 4.79 Å². The Bertz CT molecular complexity index is 608. The maximum absolute atomic E-state index is 11.8. The van der Waals surface area contributed by atoms with Gasteiger partial charge in [0.05, 0.1) is 18.2 Å². The predicted molar refractivity (Wildman–Crippen MR) is 94.1 cm³/mol. The van der Waals surface area contributed by atoms with Crippen LogP contribution in [0.4, 0.5) is 4.79 Å². The minimum atomic E-state index is -0.544. The third-order valence-electron chi connectivity index (χ3n) is 2.97. The number of aliphatic hydroxyl groups excluding tert-OH is 1. The van der Waals surface area contributed by atoms with E-state index < -0.39 is 11.7 Å². The summed E-state index contributed by atoms with van der Waals surface area (Å²) in [5.74, 6) is 6.70. The van der Waals surface area contributed by atoms with Gasteiger partial charge in [-0.3, -0.25) is 0 Å². The fourth-order valence-electron chi connectivity index (χ4n) is 1.86. The maximum Gasteiger partial charge on any atom is 0.408 e. The van der Waals surface area contributed by atoms with E-state index in [0.29, 0.717) is 12.2 Å². The second-order valence-electron chi connectivity index (χ2n) is 6.45. The number of aliphatic hydroxyl groups is 1. The molecule has 0 aliphatic rings. The van der Waals surface area contributed by atoms with Crippen LogP contribution in [0, 0.1) is 18.8 Å². The van der Waals surface area contributed by atoms with E-state index in [-0.39, 0.29) is 19.3 Å². The van der Waals surface area contributed by atoms with Crippen LogP contribution in [-0.2, 0) is 4.74 Å². The Balaban J connectivity index is 2.85. The van der Waals surface area contributed by atoms with Crippen molar-refractivity contribution in [2.45, 2.75) is 52.7 Å². The second-order valence-corrected chi connectivity index (χ2v) is 6.45. The van der Waals surface area contributed by atoms with E-state index in [9.17, 15) is 4.79 Å². The number of hydrogen-bond donors (Lipinski definition) is 2. The minimum Gasteiger partial charge on any atom is -0.490 e. The fraction of sp³-hybridized carbons (Fsp3) is 0.526. The van der Waals surface area contributed by atoms with Gasteiger partial charge in [-0.05, 0) is 51.8 Å². The molecule has 0 spiro atoms. The Morgan fingerprint density at radius 2 is 2.08 bits per heavy atom. The molecule has 0 aromatic heterocycles. The molecule has 0 unspecified atom stereocenters. The topological polar surface area (TPSA) is 67.8 Å². The van der Waals surface area contributed by atoms with Crippen molar-refractivity contribution >= 4 is 6.09 Å². The Kier molecular flexibility index (Phi) is 7.60. The lowest BCUT2D eigenvalue weighted by atomic mass is 10.1. The van der Waals surface area contributed by atoms with E-state index >= 15 is 0 Å². The number of carbonyl (C=O) groups excluding carboxylic acids is 1. The number of hydrogen-bond acceptors (Lipinski definition) is 4. The summed E-state index contributed by atoms with van der Waals surface area (Å²) in [5, 5.41) is 11.7. The van der Waals surface area contributed by atoms with Gasteiger partial charge < -0.3 is 19.9 Å². The van der Waals surface area contributed by atoms with Crippen LogP contribution in [0.5, 0.6) is 5.75 Å². The summed E-state index contributed by atoms with van der Waals surface area (Å²) in [6.45, 7) is 9.50. The molecule has 0 saturated carbocycles. The van der Waals surface area contributed by atoms with Crippen molar-refractivity contribution in [3.63, 3.8) is 0 Å². The van der Waals surface area contributed by atoms with Crippen molar-refractivity contribution in [2.24, 2.45) is 0 Å². The van der Waals surface area contributed by atoms with E-state index in [1.54, 1.807) is 0 Å². The molecule has 1 atom stereocenters. The molecule has 0 fully saturated rings. The maximum atomic E-state index is 11.8. The average Bonchev–Trinajstić information content (AvgIpc) is 2.48. The minimum absolute atomic E-state index is 0.0569. The summed E-state index contributed by atoms with van der Waals surface area (Å²) in [6.07, 6.45) is 0.176. The first-order chi connectivity index (χ1) is 11.2. The van der Waals surface area contributed by atoms with Crippen LogP contribution in [0.1, 0.15) is 45.2 Å². The van der Waals surface area contributed by atoms with Crippen LogP contribution < -0.4 is 10.1 Å². The monoisotopic (exact) mass is 333 g/mol. The van der Waals surface area contributed by atoms with E-state index in [0.717, 1.165) is 11.1 Å². The first-order valence-corrected chi connectivity index (χ1v) is 8.10. The van der Waals surface area contributed by atoms with Crippen LogP contribution in [0.15, 0.2) is 18.2 Å². The number of amides is 1. The molecular formula is C19H27NO4. The number of nitrogens with one attached hydrogen (secondary N) is 1. The highest BCUT2D eigenvalue weighted by Crippen LogP contribution is 2.19. The summed E-state index contributed by atoms with van der Waals surface area (Å²) < 4.78 is 10.8. The molecule has 0 saturated heterocycles. The third kappa shape index (κ3) is 7.38. The van der Waals surface area contributed by atoms with Gasteiger partial charge in [0, 0.05) is 0 Å². The number of ether oxygens (including phenoxy) is 2. The summed E-state index contributed by atoms with van der Waals surface area (Å²) >= 11 is 0. The Labute approximate surface area is 144 Å². The van der Waals surface area contributed by atoms with Crippen molar-refractivity contribution in [1.82, 2.24) is 5.32 Å².